The molecule has 0 atom stereocenters. The third-order valence-electron chi connectivity index (χ3n) is 2.60. The Balaban J connectivity index is 2.09. The van der Waals surface area contributed by atoms with Crippen molar-refractivity contribution in [3.05, 3.63) is 21.0 Å². The predicted octanol–water partition coefficient (Wildman–Crippen LogP) is 1.74. The summed E-state index contributed by atoms with van der Waals surface area (Å²) in [6.07, 6.45) is 4.14. The Hall–Kier alpha value is -0.840. The lowest BCUT2D eigenvalue weighted by Gasteiger charge is -2.11. The van der Waals surface area contributed by atoms with Crippen LogP contribution in [0.2, 0.25) is 0 Å². The lowest BCUT2D eigenvalue weighted by molar-refractivity contribution is 0.610. The molecule has 1 saturated carbocycles. The predicted molar refractivity (Wildman–Crippen MR) is 58.4 cm³/mol. The average molecular weight is 258 g/mol. The van der Waals surface area contributed by atoms with Gasteiger partial charge in [-0.2, -0.15) is 5.10 Å². The molecule has 1 aliphatic rings. The second-order valence-corrected chi connectivity index (χ2v) is 4.88. The minimum atomic E-state index is -0.198. The fraction of sp³-hybridized carbons (Fsp3) is 0.556. The highest BCUT2D eigenvalue weighted by Gasteiger charge is 2.36. The van der Waals surface area contributed by atoms with E-state index < -0.39 is 0 Å². The van der Waals surface area contributed by atoms with Crippen molar-refractivity contribution < 1.29 is 0 Å². The molecule has 1 aromatic rings. The molecular weight excluding hydrogens is 246 g/mol. The Morgan fingerprint density at radius 2 is 2.43 bits per heavy atom. The molecule has 1 fully saturated rings. The van der Waals surface area contributed by atoms with Gasteiger partial charge in [0.05, 0.1) is 11.9 Å². The highest BCUT2D eigenvalue weighted by Crippen LogP contribution is 2.44. The van der Waals surface area contributed by atoms with Crippen LogP contribution in [-0.2, 0) is 0 Å². The molecule has 0 amide bonds. The van der Waals surface area contributed by atoms with Gasteiger partial charge in [-0.05, 0) is 34.2 Å². The first-order chi connectivity index (χ1) is 6.61. The zero-order chi connectivity index (χ0) is 10.2. The molecule has 5 heteroatoms. The van der Waals surface area contributed by atoms with Crippen molar-refractivity contribution in [1.29, 1.82) is 0 Å². The number of H-pyrrole nitrogens is 1. The first-order valence-electron chi connectivity index (χ1n) is 4.58. The molecule has 0 spiro atoms. The van der Waals surface area contributed by atoms with Gasteiger partial charge in [0.2, 0.25) is 0 Å². The summed E-state index contributed by atoms with van der Waals surface area (Å²) in [4.78, 5) is 11.2. The average Bonchev–Trinajstić information content (AvgIpc) is 2.88. The molecule has 0 bridgehead atoms. The molecule has 1 aliphatic carbocycles. The number of nitrogens with zero attached hydrogens (tertiary/aromatic N) is 1. The van der Waals surface area contributed by atoms with E-state index in [4.69, 9.17) is 0 Å². The number of hydrogen-bond donors (Lipinski definition) is 2. The summed E-state index contributed by atoms with van der Waals surface area (Å²) in [5.41, 5.74) is 0.986. The number of halogens is 1. The summed E-state index contributed by atoms with van der Waals surface area (Å²) in [5, 5.41) is 9.32. The summed E-state index contributed by atoms with van der Waals surface area (Å²) in [6, 6.07) is 0. The van der Waals surface area contributed by atoms with Gasteiger partial charge in [-0.15, -0.1) is 0 Å². The topological polar surface area (TPSA) is 57.8 Å². The monoisotopic (exact) mass is 257 g/mol. The Kier molecular flexibility index (Phi) is 2.34. The van der Waals surface area contributed by atoms with Crippen LogP contribution in [0.4, 0.5) is 5.69 Å². The highest BCUT2D eigenvalue weighted by atomic mass is 79.9. The van der Waals surface area contributed by atoms with E-state index in [0.29, 0.717) is 9.89 Å². The van der Waals surface area contributed by atoms with Crippen molar-refractivity contribution in [2.24, 2.45) is 5.41 Å². The van der Waals surface area contributed by atoms with Crippen LogP contribution >= 0.6 is 15.9 Å². The highest BCUT2D eigenvalue weighted by molar-refractivity contribution is 9.10. The molecule has 1 heterocycles. The third kappa shape index (κ3) is 1.97. The van der Waals surface area contributed by atoms with E-state index >= 15 is 0 Å². The Bertz CT molecular complexity index is 397. The lowest BCUT2D eigenvalue weighted by Crippen LogP contribution is -2.16. The molecule has 2 rings (SSSR count). The number of aromatic nitrogens is 2. The zero-order valence-corrected chi connectivity index (χ0v) is 9.52. The first kappa shape index (κ1) is 9.71. The molecule has 0 aromatic carbocycles. The van der Waals surface area contributed by atoms with Gasteiger partial charge in [0.1, 0.15) is 4.47 Å². The number of aromatic amines is 1. The fourth-order valence-electron chi connectivity index (χ4n) is 1.21. The van der Waals surface area contributed by atoms with Gasteiger partial charge >= 0.3 is 0 Å². The molecule has 0 saturated heterocycles. The fourth-order valence-corrected chi connectivity index (χ4v) is 1.54. The standard InChI is InChI=1S/C9H12BrN3O/c1-9(2-3-9)5-11-6-4-12-13-8(14)7(6)10/h4H,2-3,5H2,1H3,(H2,11,13,14). The van der Waals surface area contributed by atoms with Gasteiger partial charge in [-0.25, -0.2) is 5.10 Å². The van der Waals surface area contributed by atoms with E-state index in [1.54, 1.807) is 6.20 Å². The zero-order valence-electron chi connectivity index (χ0n) is 7.93. The van der Waals surface area contributed by atoms with Gasteiger partial charge in [-0.3, -0.25) is 4.79 Å². The summed E-state index contributed by atoms with van der Waals surface area (Å²) in [7, 11) is 0. The number of nitrogens with one attached hydrogen (secondary N) is 2. The van der Waals surface area contributed by atoms with E-state index in [1.807, 2.05) is 0 Å². The van der Waals surface area contributed by atoms with Crippen LogP contribution in [0.15, 0.2) is 15.5 Å². The summed E-state index contributed by atoms with van der Waals surface area (Å²) >= 11 is 3.22. The van der Waals surface area contributed by atoms with Crippen molar-refractivity contribution in [3.8, 4) is 0 Å². The number of hydrogen-bond acceptors (Lipinski definition) is 3. The van der Waals surface area contributed by atoms with Gasteiger partial charge in [-0.1, -0.05) is 6.92 Å². The van der Waals surface area contributed by atoms with E-state index in [9.17, 15) is 4.79 Å². The van der Waals surface area contributed by atoms with Gasteiger partial charge in [0.25, 0.3) is 5.56 Å². The Morgan fingerprint density at radius 3 is 3.07 bits per heavy atom. The Labute approximate surface area is 90.2 Å². The van der Waals surface area contributed by atoms with Crippen LogP contribution in [0.25, 0.3) is 0 Å². The molecule has 14 heavy (non-hydrogen) atoms. The van der Waals surface area contributed by atoms with Crippen LogP contribution < -0.4 is 10.9 Å². The van der Waals surface area contributed by atoms with E-state index in [-0.39, 0.29) is 5.56 Å². The molecule has 1 aromatic heterocycles. The van der Waals surface area contributed by atoms with Crippen LogP contribution in [0.1, 0.15) is 19.8 Å². The SMILES string of the molecule is CC1(CNc2cn[nH]c(=O)c2Br)CC1. The summed E-state index contributed by atoms with van der Waals surface area (Å²) in [6.45, 7) is 3.13. The van der Waals surface area contributed by atoms with Crippen LogP contribution in [-0.4, -0.2) is 16.7 Å². The van der Waals surface area contributed by atoms with E-state index in [0.717, 1.165) is 12.2 Å². The molecular formula is C9H12BrN3O. The number of anilines is 1. The van der Waals surface area contributed by atoms with Crippen LogP contribution in [0.5, 0.6) is 0 Å². The maximum absolute atomic E-state index is 11.2. The largest absolute Gasteiger partial charge is 0.382 e. The maximum atomic E-state index is 11.2. The number of rotatable bonds is 3. The summed E-state index contributed by atoms with van der Waals surface area (Å²) < 4.78 is 0.525. The summed E-state index contributed by atoms with van der Waals surface area (Å²) in [5.74, 6) is 0. The second-order valence-electron chi connectivity index (χ2n) is 4.09. The second kappa shape index (κ2) is 3.38. The van der Waals surface area contributed by atoms with Gasteiger partial charge in [0.15, 0.2) is 0 Å². The minimum absolute atomic E-state index is 0.198. The molecule has 2 N–H and O–H groups in total. The molecule has 76 valence electrons. The van der Waals surface area contributed by atoms with Crippen molar-refractivity contribution in [3.63, 3.8) is 0 Å². The van der Waals surface area contributed by atoms with Gasteiger partial charge < -0.3 is 5.32 Å². The minimum Gasteiger partial charge on any atom is -0.382 e. The molecule has 0 aliphatic heterocycles. The Morgan fingerprint density at radius 1 is 1.71 bits per heavy atom. The van der Waals surface area contributed by atoms with Crippen molar-refractivity contribution in [2.75, 3.05) is 11.9 Å². The van der Waals surface area contributed by atoms with Gasteiger partial charge in [0, 0.05) is 6.54 Å². The van der Waals surface area contributed by atoms with Crippen molar-refractivity contribution in [1.82, 2.24) is 10.2 Å². The van der Waals surface area contributed by atoms with Crippen LogP contribution in [0.3, 0.4) is 0 Å². The molecule has 4 nitrogen and oxygen atoms in total. The van der Waals surface area contributed by atoms with Crippen LogP contribution in [0, 0.1) is 5.41 Å². The first-order valence-corrected chi connectivity index (χ1v) is 5.37. The van der Waals surface area contributed by atoms with E-state index in [2.05, 4.69) is 38.4 Å². The van der Waals surface area contributed by atoms with Crippen molar-refractivity contribution >= 4 is 21.6 Å². The molecule has 0 radical (unpaired) electrons. The smallest absolute Gasteiger partial charge is 0.280 e. The third-order valence-corrected chi connectivity index (χ3v) is 3.39. The quantitative estimate of drug-likeness (QED) is 0.868. The molecule has 0 unspecified atom stereocenters. The maximum Gasteiger partial charge on any atom is 0.280 e. The van der Waals surface area contributed by atoms with Crippen molar-refractivity contribution in [2.45, 2.75) is 19.8 Å². The lowest BCUT2D eigenvalue weighted by atomic mass is 10.1. The normalized spacial score (nSPS) is 17.9. The van der Waals surface area contributed by atoms with E-state index in [1.165, 1.54) is 12.8 Å².